The summed E-state index contributed by atoms with van der Waals surface area (Å²) in [5.41, 5.74) is 0. The zero-order chi connectivity index (χ0) is 10.4. The molecule has 3 unspecified atom stereocenters. The third-order valence-corrected chi connectivity index (χ3v) is 3.15. The summed E-state index contributed by atoms with van der Waals surface area (Å²) >= 11 is 0. The Bertz CT molecular complexity index is 141. The van der Waals surface area contributed by atoms with E-state index < -0.39 is 0 Å². The first kappa shape index (κ1) is 12.0. The van der Waals surface area contributed by atoms with Crippen molar-refractivity contribution < 1.29 is 9.84 Å². The lowest BCUT2D eigenvalue weighted by molar-refractivity contribution is -0.0483. The van der Waals surface area contributed by atoms with Crippen LogP contribution in [0.2, 0.25) is 0 Å². The largest absolute Gasteiger partial charge is 0.393 e. The summed E-state index contributed by atoms with van der Waals surface area (Å²) in [4.78, 5) is 0. The first-order valence-corrected chi connectivity index (χ1v) is 6.07. The van der Waals surface area contributed by atoms with E-state index in [1.54, 1.807) is 0 Å². The van der Waals surface area contributed by atoms with Crippen molar-refractivity contribution in [2.75, 3.05) is 6.61 Å². The maximum absolute atomic E-state index is 9.90. The Morgan fingerprint density at radius 3 is 2.79 bits per heavy atom. The zero-order valence-corrected chi connectivity index (χ0v) is 9.54. The number of rotatable bonds is 5. The van der Waals surface area contributed by atoms with Crippen molar-refractivity contribution in [1.29, 1.82) is 0 Å². The highest BCUT2D eigenvalue weighted by Gasteiger charge is 2.26. The lowest BCUT2D eigenvalue weighted by atomic mass is 9.87. The second-order valence-electron chi connectivity index (χ2n) is 4.42. The molecule has 1 heterocycles. The fraction of sp³-hybridized carbons (Fsp3) is 1.00. The summed E-state index contributed by atoms with van der Waals surface area (Å²) in [6.45, 7) is 5.16. The molecule has 1 aliphatic rings. The van der Waals surface area contributed by atoms with Crippen molar-refractivity contribution in [3.8, 4) is 0 Å². The Balaban J connectivity index is 2.31. The Morgan fingerprint density at radius 2 is 2.14 bits per heavy atom. The molecule has 2 heteroatoms. The Kier molecular flexibility index (Phi) is 5.49. The average molecular weight is 200 g/mol. The predicted octanol–water partition coefficient (Wildman–Crippen LogP) is 2.74. The minimum atomic E-state index is -0.0942. The molecule has 0 aliphatic carbocycles. The van der Waals surface area contributed by atoms with E-state index in [0.717, 1.165) is 38.7 Å². The van der Waals surface area contributed by atoms with Gasteiger partial charge in [-0.05, 0) is 31.6 Å². The monoisotopic (exact) mass is 200 g/mol. The smallest absolute Gasteiger partial charge is 0.0578 e. The predicted molar refractivity (Wildman–Crippen MR) is 58.3 cm³/mol. The van der Waals surface area contributed by atoms with Gasteiger partial charge in [-0.2, -0.15) is 0 Å². The van der Waals surface area contributed by atoms with Crippen LogP contribution in [0.5, 0.6) is 0 Å². The van der Waals surface area contributed by atoms with Crippen LogP contribution in [0.4, 0.5) is 0 Å². The van der Waals surface area contributed by atoms with Gasteiger partial charge in [-0.25, -0.2) is 0 Å². The molecule has 0 aromatic heterocycles. The molecular formula is C12H24O2. The van der Waals surface area contributed by atoms with Crippen molar-refractivity contribution in [3.05, 3.63) is 0 Å². The van der Waals surface area contributed by atoms with Gasteiger partial charge in [0.2, 0.25) is 0 Å². The Hall–Kier alpha value is -0.0800. The molecule has 14 heavy (non-hydrogen) atoms. The molecule has 0 aromatic rings. The van der Waals surface area contributed by atoms with Crippen LogP contribution in [-0.2, 0) is 4.74 Å². The molecular weight excluding hydrogens is 176 g/mol. The number of hydrogen-bond acceptors (Lipinski definition) is 2. The van der Waals surface area contributed by atoms with Crippen molar-refractivity contribution in [3.63, 3.8) is 0 Å². The molecule has 0 bridgehead atoms. The summed E-state index contributed by atoms with van der Waals surface area (Å²) in [5, 5.41) is 9.90. The highest BCUT2D eigenvalue weighted by molar-refractivity contribution is 4.76. The van der Waals surface area contributed by atoms with Crippen LogP contribution < -0.4 is 0 Å². The fourth-order valence-electron chi connectivity index (χ4n) is 2.31. The van der Waals surface area contributed by atoms with Crippen LogP contribution in [0.3, 0.4) is 0 Å². The van der Waals surface area contributed by atoms with Crippen LogP contribution in [0.1, 0.15) is 52.4 Å². The molecule has 2 nitrogen and oxygen atoms in total. The van der Waals surface area contributed by atoms with Gasteiger partial charge < -0.3 is 9.84 Å². The Labute approximate surface area is 87.7 Å². The van der Waals surface area contributed by atoms with Gasteiger partial charge in [0.15, 0.2) is 0 Å². The fourth-order valence-corrected chi connectivity index (χ4v) is 2.31. The summed E-state index contributed by atoms with van der Waals surface area (Å²) in [6, 6.07) is 0. The van der Waals surface area contributed by atoms with Crippen LogP contribution in [-0.4, -0.2) is 23.9 Å². The quantitative estimate of drug-likeness (QED) is 0.739. The highest BCUT2D eigenvalue weighted by Crippen LogP contribution is 2.27. The first-order valence-electron chi connectivity index (χ1n) is 6.07. The van der Waals surface area contributed by atoms with E-state index >= 15 is 0 Å². The van der Waals surface area contributed by atoms with Crippen molar-refractivity contribution >= 4 is 0 Å². The van der Waals surface area contributed by atoms with Gasteiger partial charge in [0.05, 0.1) is 12.2 Å². The minimum Gasteiger partial charge on any atom is -0.393 e. The normalized spacial score (nSPS) is 30.2. The molecule has 0 spiro atoms. The topological polar surface area (TPSA) is 29.5 Å². The van der Waals surface area contributed by atoms with Gasteiger partial charge in [-0.15, -0.1) is 0 Å². The number of ether oxygens (including phenoxy) is 1. The van der Waals surface area contributed by atoms with E-state index in [9.17, 15) is 5.11 Å². The molecule has 1 aliphatic heterocycles. The minimum absolute atomic E-state index is 0.0942. The third-order valence-electron chi connectivity index (χ3n) is 3.15. The number of hydrogen-bond donors (Lipinski definition) is 1. The number of aliphatic hydroxyl groups excluding tert-OH is 1. The van der Waals surface area contributed by atoms with Gasteiger partial charge >= 0.3 is 0 Å². The molecule has 0 radical (unpaired) electrons. The maximum atomic E-state index is 9.90. The summed E-state index contributed by atoms with van der Waals surface area (Å²) in [5.74, 6) is 0.486. The summed E-state index contributed by atoms with van der Waals surface area (Å²) in [6.07, 6.45) is 6.78. The van der Waals surface area contributed by atoms with Gasteiger partial charge in [-0.3, -0.25) is 0 Å². The molecule has 1 saturated heterocycles. The van der Waals surface area contributed by atoms with Crippen LogP contribution in [0.25, 0.3) is 0 Å². The van der Waals surface area contributed by atoms with Gasteiger partial charge in [0.25, 0.3) is 0 Å². The van der Waals surface area contributed by atoms with Crippen molar-refractivity contribution in [1.82, 2.24) is 0 Å². The van der Waals surface area contributed by atoms with E-state index in [1.165, 1.54) is 6.42 Å². The van der Waals surface area contributed by atoms with Gasteiger partial charge in [0.1, 0.15) is 0 Å². The second kappa shape index (κ2) is 6.41. The highest BCUT2D eigenvalue weighted by atomic mass is 16.5. The SMILES string of the molecule is CCCC1CC(C(O)CCC)CCO1. The summed E-state index contributed by atoms with van der Waals surface area (Å²) in [7, 11) is 0. The van der Waals surface area contributed by atoms with Crippen LogP contribution in [0.15, 0.2) is 0 Å². The van der Waals surface area contributed by atoms with E-state index in [4.69, 9.17) is 4.74 Å². The van der Waals surface area contributed by atoms with Gasteiger partial charge in [-0.1, -0.05) is 26.7 Å². The lowest BCUT2D eigenvalue weighted by Crippen LogP contribution is -2.32. The first-order chi connectivity index (χ1) is 6.77. The van der Waals surface area contributed by atoms with Crippen molar-refractivity contribution in [2.24, 2.45) is 5.92 Å². The van der Waals surface area contributed by atoms with Crippen molar-refractivity contribution in [2.45, 2.75) is 64.6 Å². The van der Waals surface area contributed by atoms with E-state index in [0.29, 0.717) is 12.0 Å². The molecule has 1 N–H and O–H groups in total. The van der Waals surface area contributed by atoms with E-state index in [1.807, 2.05) is 0 Å². The molecule has 0 saturated carbocycles. The average Bonchev–Trinajstić information content (AvgIpc) is 2.19. The number of aliphatic hydroxyl groups is 1. The molecule has 0 aromatic carbocycles. The maximum Gasteiger partial charge on any atom is 0.0578 e. The van der Waals surface area contributed by atoms with Gasteiger partial charge in [0, 0.05) is 6.61 Å². The Morgan fingerprint density at radius 1 is 1.36 bits per heavy atom. The molecule has 3 atom stereocenters. The summed E-state index contributed by atoms with van der Waals surface area (Å²) < 4.78 is 5.67. The zero-order valence-electron chi connectivity index (χ0n) is 9.54. The molecule has 84 valence electrons. The standard InChI is InChI=1S/C12H24O2/c1-3-5-11-9-10(7-8-14-11)12(13)6-4-2/h10-13H,3-9H2,1-2H3. The molecule has 1 rings (SSSR count). The van der Waals surface area contributed by atoms with E-state index in [2.05, 4.69) is 13.8 Å². The van der Waals surface area contributed by atoms with Crippen LogP contribution >= 0.6 is 0 Å². The second-order valence-corrected chi connectivity index (χ2v) is 4.42. The third kappa shape index (κ3) is 3.58. The van der Waals surface area contributed by atoms with Crippen LogP contribution in [0, 0.1) is 5.92 Å². The molecule has 0 amide bonds. The molecule has 1 fully saturated rings. The lowest BCUT2D eigenvalue weighted by Gasteiger charge is -2.32. The van der Waals surface area contributed by atoms with E-state index in [-0.39, 0.29) is 6.10 Å².